The summed E-state index contributed by atoms with van der Waals surface area (Å²) in [7, 11) is 0. The monoisotopic (exact) mass is 332 g/mol. The summed E-state index contributed by atoms with van der Waals surface area (Å²) in [6, 6.07) is 4.46. The first-order valence-electron chi connectivity index (χ1n) is 5.38. The number of hydrogen-bond acceptors (Lipinski definition) is 2. The van der Waals surface area contributed by atoms with Crippen LogP contribution in [-0.4, -0.2) is 10.9 Å². The molecule has 1 aromatic rings. The minimum atomic E-state index is -0.619. The molecule has 0 radical (unpaired) electrons. The van der Waals surface area contributed by atoms with Crippen molar-refractivity contribution < 1.29 is 9.18 Å². The molecule has 0 aliphatic carbocycles. The summed E-state index contributed by atoms with van der Waals surface area (Å²) in [5, 5.41) is 2.51. The van der Waals surface area contributed by atoms with Crippen LogP contribution in [0.4, 0.5) is 10.1 Å². The van der Waals surface area contributed by atoms with Crippen molar-refractivity contribution in [2.24, 2.45) is 17.6 Å². The molecule has 0 aliphatic rings. The van der Waals surface area contributed by atoms with Gasteiger partial charge in [-0.25, -0.2) is 4.39 Å². The van der Waals surface area contributed by atoms with Crippen LogP contribution >= 0.6 is 28.1 Å². The van der Waals surface area contributed by atoms with E-state index in [9.17, 15) is 9.18 Å². The van der Waals surface area contributed by atoms with E-state index in [1.54, 1.807) is 12.1 Å². The van der Waals surface area contributed by atoms with Gasteiger partial charge >= 0.3 is 0 Å². The van der Waals surface area contributed by atoms with E-state index in [-0.39, 0.29) is 16.6 Å². The van der Waals surface area contributed by atoms with Crippen LogP contribution in [0.15, 0.2) is 22.7 Å². The average molecular weight is 333 g/mol. The lowest BCUT2D eigenvalue weighted by atomic mass is 9.95. The van der Waals surface area contributed by atoms with Crippen molar-refractivity contribution in [3.63, 3.8) is 0 Å². The second-order valence-corrected chi connectivity index (χ2v) is 5.54. The molecular weight excluding hydrogens is 319 g/mol. The van der Waals surface area contributed by atoms with Crippen LogP contribution in [0, 0.1) is 17.7 Å². The number of carbonyl (C=O) groups is 1. The Morgan fingerprint density at radius 1 is 1.50 bits per heavy atom. The molecule has 0 saturated heterocycles. The number of nitrogens with one attached hydrogen (secondary N) is 1. The number of rotatable bonds is 4. The molecule has 0 aliphatic heterocycles. The van der Waals surface area contributed by atoms with Crippen molar-refractivity contribution in [3.05, 3.63) is 28.5 Å². The van der Waals surface area contributed by atoms with Crippen molar-refractivity contribution in [2.45, 2.75) is 13.8 Å². The van der Waals surface area contributed by atoms with Crippen molar-refractivity contribution in [1.29, 1.82) is 0 Å². The molecule has 1 unspecified atom stereocenters. The van der Waals surface area contributed by atoms with E-state index < -0.39 is 17.6 Å². The number of hydrogen-bond donors (Lipinski definition) is 2. The van der Waals surface area contributed by atoms with E-state index in [2.05, 4.69) is 21.2 Å². The molecule has 0 spiro atoms. The zero-order chi connectivity index (χ0) is 13.9. The molecule has 0 heterocycles. The molecule has 3 N–H and O–H groups in total. The largest absolute Gasteiger partial charge is 0.393 e. The van der Waals surface area contributed by atoms with Crippen LogP contribution in [0.3, 0.4) is 0 Å². The zero-order valence-electron chi connectivity index (χ0n) is 10.0. The Kier molecular flexibility index (Phi) is 5.22. The number of nitrogens with two attached hydrogens (primary N) is 1. The quantitative estimate of drug-likeness (QED) is 0.833. The Morgan fingerprint density at radius 2 is 2.11 bits per heavy atom. The molecule has 0 aromatic heterocycles. The summed E-state index contributed by atoms with van der Waals surface area (Å²) < 4.78 is 14.0. The maximum atomic E-state index is 13.6. The first-order chi connectivity index (χ1) is 8.34. The SMILES string of the molecule is CC(C)C(C(=O)Nc1c(F)cccc1Br)C(N)=S. The van der Waals surface area contributed by atoms with E-state index in [4.69, 9.17) is 18.0 Å². The van der Waals surface area contributed by atoms with Gasteiger partial charge in [0, 0.05) is 4.47 Å². The van der Waals surface area contributed by atoms with Crippen molar-refractivity contribution in [1.82, 2.24) is 0 Å². The van der Waals surface area contributed by atoms with Crippen LogP contribution in [-0.2, 0) is 4.79 Å². The van der Waals surface area contributed by atoms with Crippen LogP contribution < -0.4 is 11.1 Å². The Labute approximate surface area is 119 Å². The van der Waals surface area contributed by atoms with Gasteiger partial charge in [-0.15, -0.1) is 0 Å². The standard InChI is InChI=1S/C12H14BrFN2OS/c1-6(2)9(11(15)18)12(17)16-10-7(13)4-3-5-8(10)14/h3-6,9H,1-2H3,(H2,15,18)(H,16,17). The number of anilines is 1. The highest BCUT2D eigenvalue weighted by atomic mass is 79.9. The van der Waals surface area contributed by atoms with Crippen LogP contribution in [0.25, 0.3) is 0 Å². The summed E-state index contributed by atoms with van der Waals surface area (Å²) in [5.41, 5.74) is 5.63. The van der Waals surface area contributed by atoms with E-state index in [0.29, 0.717) is 4.47 Å². The average Bonchev–Trinajstić information content (AvgIpc) is 2.22. The lowest BCUT2D eigenvalue weighted by Crippen LogP contribution is -2.37. The highest BCUT2D eigenvalue weighted by molar-refractivity contribution is 9.10. The number of carbonyl (C=O) groups excluding carboxylic acids is 1. The predicted molar refractivity (Wildman–Crippen MR) is 77.8 cm³/mol. The van der Waals surface area contributed by atoms with Crippen LogP contribution in [0.5, 0.6) is 0 Å². The highest BCUT2D eigenvalue weighted by Gasteiger charge is 2.26. The summed E-state index contributed by atoms with van der Waals surface area (Å²) in [6.45, 7) is 3.67. The van der Waals surface area contributed by atoms with Gasteiger partial charge in [0.15, 0.2) is 0 Å². The third-order valence-corrected chi connectivity index (χ3v) is 3.38. The second-order valence-electron chi connectivity index (χ2n) is 4.21. The normalized spacial score (nSPS) is 12.3. The van der Waals surface area contributed by atoms with Gasteiger partial charge in [-0.05, 0) is 34.0 Å². The van der Waals surface area contributed by atoms with Gasteiger partial charge in [0.05, 0.1) is 16.6 Å². The van der Waals surface area contributed by atoms with Gasteiger partial charge in [0.2, 0.25) is 5.91 Å². The van der Waals surface area contributed by atoms with Gasteiger partial charge in [0.25, 0.3) is 0 Å². The van der Waals surface area contributed by atoms with Crippen molar-refractivity contribution >= 4 is 44.7 Å². The molecule has 0 saturated carbocycles. The Bertz CT molecular complexity index is 459. The molecule has 0 bridgehead atoms. The van der Waals surface area contributed by atoms with Gasteiger partial charge in [-0.2, -0.15) is 0 Å². The molecule has 1 amide bonds. The molecule has 18 heavy (non-hydrogen) atoms. The Morgan fingerprint density at radius 3 is 2.56 bits per heavy atom. The topological polar surface area (TPSA) is 55.1 Å². The third kappa shape index (κ3) is 3.49. The number of halogens is 2. The predicted octanol–water partition coefficient (Wildman–Crippen LogP) is 3.09. The van der Waals surface area contributed by atoms with Crippen LogP contribution in [0.2, 0.25) is 0 Å². The lowest BCUT2D eigenvalue weighted by molar-refractivity contribution is -0.118. The van der Waals surface area contributed by atoms with Gasteiger partial charge < -0.3 is 11.1 Å². The number of benzene rings is 1. The van der Waals surface area contributed by atoms with Gasteiger partial charge in [-0.3, -0.25) is 4.79 Å². The summed E-state index contributed by atoms with van der Waals surface area (Å²) in [6.07, 6.45) is 0. The summed E-state index contributed by atoms with van der Waals surface area (Å²) in [5.74, 6) is -1.58. The van der Waals surface area contributed by atoms with E-state index in [0.717, 1.165) is 0 Å². The molecule has 6 heteroatoms. The Hall–Kier alpha value is -1.01. The second kappa shape index (κ2) is 6.24. The number of thiocarbonyl (C=S) groups is 1. The first-order valence-corrected chi connectivity index (χ1v) is 6.59. The molecule has 0 fully saturated rings. The minimum Gasteiger partial charge on any atom is -0.393 e. The maximum absolute atomic E-state index is 13.6. The van der Waals surface area contributed by atoms with Crippen molar-refractivity contribution in [2.75, 3.05) is 5.32 Å². The smallest absolute Gasteiger partial charge is 0.234 e. The molecule has 1 aromatic carbocycles. The first kappa shape index (κ1) is 15.0. The summed E-state index contributed by atoms with van der Waals surface area (Å²) >= 11 is 8.04. The molecule has 98 valence electrons. The maximum Gasteiger partial charge on any atom is 0.234 e. The Balaban J connectivity index is 2.97. The molecule has 1 rings (SSSR count). The van der Waals surface area contributed by atoms with Gasteiger partial charge in [-0.1, -0.05) is 32.1 Å². The van der Waals surface area contributed by atoms with E-state index in [1.165, 1.54) is 6.07 Å². The zero-order valence-corrected chi connectivity index (χ0v) is 12.4. The fourth-order valence-electron chi connectivity index (χ4n) is 1.58. The number of para-hydroxylation sites is 1. The molecule has 1 atom stereocenters. The van der Waals surface area contributed by atoms with Gasteiger partial charge in [0.1, 0.15) is 5.82 Å². The van der Waals surface area contributed by atoms with Crippen molar-refractivity contribution in [3.8, 4) is 0 Å². The number of amides is 1. The lowest BCUT2D eigenvalue weighted by Gasteiger charge is -2.19. The third-order valence-electron chi connectivity index (χ3n) is 2.47. The fraction of sp³-hybridized carbons (Fsp3) is 0.333. The highest BCUT2D eigenvalue weighted by Crippen LogP contribution is 2.26. The fourth-order valence-corrected chi connectivity index (χ4v) is 2.40. The van der Waals surface area contributed by atoms with E-state index >= 15 is 0 Å². The van der Waals surface area contributed by atoms with E-state index in [1.807, 2.05) is 13.8 Å². The minimum absolute atomic E-state index is 0.0481. The van der Waals surface area contributed by atoms with Crippen LogP contribution in [0.1, 0.15) is 13.8 Å². The molecular formula is C12H14BrFN2OS. The summed E-state index contributed by atoms with van der Waals surface area (Å²) in [4.78, 5) is 12.1. The molecule has 3 nitrogen and oxygen atoms in total.